The van der Waals surface area contributed by atoms with Crippen molar-refractivity contribution in [3.05, 3.63) is 59.8 Å². The van der Waals surface area contributed by atoms with E-state index in [1.54, 1.807) is 0 Å². The molecule has 4 heteroatoms. The van der Waals surface area contributed by atoms with Gasteiger partial charge in [-0.25, -0.2) is 0 Å². The van der Waals surface area contributed by atoms with E-state index in [9.17, 15) is 0 Å². The Bertz CT molecular complexity index is 860. The molecule has 0 spiro atoms. The van der Waals surface area contributed by atoms with Gasteiger partial charge in [0.1, 0.15) is 0 Å². The number of benzene rings is 1. The van der Waals surface area contributed by atoms with Crippen molar-refractivity contribution in [1.82, 2.24) is 4.57 Å². The molecule has 1 aromatic carbocycles. The average Bonchev–Trinajstić information content (AvgIpc) is 3.03. The van der Waals surface area contributed by atoms with Crippen LogP contribution >= 0.6 is 0 Å². The summed E-state index contributed by atoms with van der Waals surface area (Å²) in [4.78, 5) is 0. The number of hydrogen-bond acceptors (Lipinski definition) is 3. The molecule has 0 fully saturated rings. The number of allylic oxidation sites excluding steroid dienone is 3. The molecule has 0 aliphatic heterocycles. The third-order valence-electron chi connectivity index (χ3n) is 4.94. The summed E-state index contributed by atoms with van der Waals surface area (Å²) < 4.78 is 13.5. The van der Waals surface area contributed by atoms with Gasteiger partial charge < -0.3 is 19.1 Å². The van der Waals surface area contributed by atoms with Gasteiger partial charge in [-0.15, -0.1) is 0 Å². The Morgan fingerprint density at radius 2 is 2.04 bits per heavy atom. The first-order valence-electron chi connectivity index (χ1n) is 9.36. The Hall–Kier alpha value is -2.14. The first kappa shape index (κ1) is 17.3. The molecule has 1 atom stereocenters. The maximum Gasteiger partial charge on any atom is 0.0796 e. The highest BCUT2D eigenvalue weighted by atomic mass is 16.5. The number of aliphatic hydroxyl groups is 1. The first-order valence-corrected chi connectivity index (χ1v) is 9.36. The van der Waals surface area contributed by atoms with Crippen molar-refractivity contribution in [2.75, 3.05) is 26.4 Å². The molecule has 1 N–H and O–H groups in total. The predicted molar refractivity (Wildman–Crippen MR) is 105 cm³/mol. The lowest BCUT2D eigenvalue weighted by atomic mass is 10.0. The molecule has 0 saturated carbocycles. The van der Waals surface area contributed by atoms with Crippen molar-refractivity contribution in [1.29, 1.82) is 0 Å². The van der Waals surface area contributed by atoms with E-state index in [1.165, 1.54) is 27.9 Å². The van der Waals surface area contributed by atoms with Gasteiger partial charge in [-0.2, -0.15) is 0 Å². The van der Waals surface area contributed by atoms with Gasteiger partial charge in [0.25, 0.3) is 0 Å². The summed E-state index contributed by atoms with van der Waals surface area (Å²) in [5.74, 6) is 0. The van der Waals surface area contributed by atoms with E-state index in [0.717, 1.165) is 19.3 Å². The normalized spacial score (nSPS) is 19.0. The van der Waals surface area contributed by atoms with Crippen LogP contribution in [0.15, 0.2) is 48.6 Å². The zero-order valence-corrected chi connectivity index (χ0v) is 14.9. The van der Waals surface area contributed by atoms with Gasteiger partial charge in [0.2, 0.25) is 0 Å². The summed E-state index contributed by atoms with van der Waals surface area (Å²) in [6, 6.07) is 8.64. The Kier molecular flexibility index (Phi) is 5.34. The molecular weight excluding hydrogens is 326 g/mol. The van der Waals surface area contributed by atoms with Crippen LogP contribution in [-0.4, -0.2) is 42.2 Å². The monoisotopic (exact) mass is 351 g/mol. The molecule has 2 aliphatic rings. The van der Waals surface area contributed by atoms with Crippen LogP contribution in [0.2, 0.25) is 0 Å². The summed E-state index contributed by atoms with van der Waals surface area (Å²) in [6.45, 7) is 1.49. The third kappa shape index (κ3) is 3.40. The Balaban J connectivity index is 1.51. The van der Waals surface area contributed by atoms with Gasteiger partial charge in [-0.3, -0.25) is 0 Å². The van der Waals surface area contributed by atoms with Crippen molar-refractivity contribution in [2.45, 2.75) is 25.4 Å². The molecule has 1 heterocycles. The Morgan fingerprint density at radius 3 is 2.88 bits per heavy atom. The van der Waals surface area contributed by atoms with Gasteiger partial charge in [-0.1, -0.05) is 42.5 Å². The van der Waals surface area contributed by atoms with E-state index in [1.807, 2.05) is 0 Å². The largest absolute Gasteiger partial charge is 0.394 e. The molecule has 26 heavy (non-hydrogen) atoms. The van der Waals surface area contributed by atoms with Crippen LogP contribution in [0.5, 0.6) is 0 Å². The van der Waals surface area contributed by atoms with Crippen LogP contribution in [0.4, 0.5) is 0 Å². The van der Waals surface area contributed by atoms with Gasteiger partial charge in [0, 0.05) is 22.3 Å². The highest BCUT2D eigenvalue weighted by Crippen LogP contribution is 2.34. The van der Waals surface area contributed by atoms with Crippen LogP contribution < -0.4 is 0 Å². The molecule has 0 radical (unpaired) electrons. The van der Waals surface area contributed by atoms with E-state index in [-0.39, 0.29) is 12.7 Å². The zero-order valence-electron chi connectivity index (χ0n) is 14.9. The lowest BCUT2D eigenvalue weighted by Crippen LogP contribution is -2.17. The van der Waals surface area contributed by atoms with Gasteiger partial charge in [-0.05, 0) is 31.4 Å². The summed E-state index contributed by atoms with van der Waals surface area (Å²) in [5, 5.41) is 10.0. The smallest absolute Gasteiger partial charge is 0.0796 e. The molecule has 1 unspecified atom stereocenters. The number of hydrogen-bond donors (Lipinski definition) is 1. The SMILES string of the molecule is OCCOCCOC1C=CC(n2c3c(c4ccccc42)C=CCC3)=CC1. The maximum absolute atomic E-state index is 8.70. The van der Waals surface area contributed by atoms with Crippen molar-refractivity contribution in [2.24, 2.45) is 0 Å². The number of nitrogens with zero attached hydrogens (tertiary/aromatic N) is 1. The van der Waals surface area contributed by atoms with Crippen LogP contribution in [0.3, 0.4) is 0 Å². The Labute approximate surface area is 154 Å². The molecule has 4 rings (SSSR count). The second-order valence-electron chi connectivity index (χ2n) is 6.62. The van der Waals surface area contributed by atoms with E-state index in [4.69, 9.17) is 14.6 Å². The molecule has 2 aliphatic carbocycles. The molecule has 0 amide bonds. The molecule has 0 bridgehead atoms. The van der Waals surface area contributed by atoms with E-state index in [2.05, 4.69) is 59.2 Å². The highest BCUT2D eigenvalue weighted by molar-refractivity contribution is 5.95. The lowest BCUT2D eigenvalue weighted by Gasteiger charge is -2.20. The van der Waals surface area contributed by atoms with E-state index < -0.39 is 0 Å². The minimum absolute atomic E-state index is 0.0553. The number of aromatic nitrogens is 1. The summed E-state index contributed by atoms with van der Waals surface area (Å²) >= 11 is 0. The molecule has 2 aromatic rings. The lowest BCUT2D eigenvalue weighted by molar-refractivity contribution is 0.0141. The third-order valence-corrected chi connectivity index (χ3v) is 4.94. The average molecular weight is 351 g/mol. The van der Waals surface area contributed by atoms with Crippen LogP contribution in [-0.2, 0) is 15.9 Å². The van der Waals surface area contributed by atoms with Crippen molar-refractivity contribution in [3.8, 4) is 0 Å². The molecular formula is C22H25NO3. The highest BCUT2D eigenvalue weighted by Gasteiger charge is 2.20. The minimum atomic E-state index is 0.0553. The van der Waals surface area contributed by atoms with Gasteiger partial charge in [0.15, 0.2) is 0 Å². The van der Waals surface area contributed by atoms with Crippen molar-refractivity contribution in [3.63, 3.8) is 0 Å². The Morgan fingerprint density at radius 1 is 1.12 bits per heavy atom. The molecule has 136 valence electrons. The van der Waals surface area contributed by atoms with Crippen LogP contribution in [0, 0.1) is 0 Å². The number of aliphatic hydroxyl groups excluding tert-OH is 1. The second-order valence-corrected chi connectivity index (χ2v) is 6.62. The quantitative estimate of drug-likeness (QED) is 0.772. The van der Waals surface area contributed by atoms with E-state index in [0.29, 0.717) is 19.8 Å². The standard InChI is InChI=1S/C22H25NO3/c24-13-14-25-15-16-26-18-11-9-17(10-12-18)23-21-7-3-1-5-19(21)20-6-2-4-8-22(20)23/h1-3,5-7,9-11,18,24H,4,8,12-16H2. The predicted octanol–water partition coefficient (Wildman–Crippen LogP) is 3.80. The topological polar surface area (TPSA) is 43.6 Å². The zero-order chi connectivity index (χ0) is 17.8. The fraction of sp³-hybridized carbons (Fsp3) is 0.364. The molecule has 1 aromatic heterocycles. The number of fused-ring (bicyclic) bond motifs is 3. The molecule has 0 saturated heterocycles. The van der Waals surface area contributed by atoms with Crippen LogP contribution in [0.25, 0.3) is 22.7 Å². The molecule has 4 nitrogen and oxygen atoms in total. The van der Waals surface area contributed by atoms with E-state index >= 15 is 0 Å². The first-order chi connectivity index (χ1) is 12.9. The van der Waals surface area contributed by atoms with Gasteiger partial charge >= 0.3 is 0 Å². The number of rotatable bonds is 7. The van der Waals surface area contributed by atoms with Crippen molar-refractivity contribution >= 4 is 22.7 Å². The summed E-state index contributed by atoms with van der Waals surface area (Å²) in [5.41, 5.74) is 5.27. The van der Waals surface area contributed by atoms with Crippen molar-refractivity contribution < 1.29 is 14.6 Å². The van der Waals surface area contributed by atoms with Gasteiger partial charge in [0.05, 0.1) is 38.0 Å². The van der Waals surface area contributed by atoms with Crippen LogP contribution in [0.1, 0.15) is 24.1 Å². The maximum atomic E-state index is 8.70. The second kappa shape index (κ2) is 8.04. The summed E-state index contributed by atoms with van der Waals surface area (Å²) in [6.07, 6.45) is 14.3. The number of ether oxygens (including phenoxy) is 2. The fourth-order valence-corrected chi connectivity index (χ4v) is 3.77. The number of para-hydroxylation sites is 1. The minimum Gasteiger partial charge on any atom is -0.394 e. The fourth-order valence-electron chi connectivity index (χ4n) is 3.77. The summed E-state index contributed by atoms with van der Waals surface area (Å²) in [7, 11) is 0.